The summed E-state index contributed by atoms with van der Waals surface area (Å²) < 4.78 is 45.3. The van der Waals surface area contributed by atoms with Gasteiger partial charge in [0.1, 0.15) is 24.0 Å². The summed E-state index contributed by atoms with van der Waals surface area (Å²) in [5, 5.41) is 4.11. The molecule has 1 saturated carbocycles. The van der Waals surface area contributed by atoms with E-state index in [1.165, 1.54) is 12.1 Å². The third-order valence-corrected chi connectivity index (χ3v) is 5.59. The maximum absolute atomic E-state index is 13.2. The summed E-state index contributed by atoms with van der Waals surface area (Å²) in [6.45, 7) is 0.973. The first-order valence-electron chi connectivity index (χ1n) is 10.9. The van der Waals surface area contributed by atoms with Gasteiger partial charge >= 0.3 is 6.18 Å². The minimum absolute atomic E-state index is 0.374. The third kappa shape index (κ3) is 4.92. The second-order valence-electron chi connectivity index (χ2n) is 8.10. The quantitative estimate of drug-likeness (QED) is 0.320. The van der Waals surface area contributed by atoms with Crippen molar-refractivity contribution in [1.29, 1.82) is 0 Å². The molecule has 5 rings (SSSR count). The molecule has 168 valence electrons. The van der Waals surface area contributed by atoms with Crippen LogP contribution in [0.4, 0.5) is 19.0 Å². The zero-order valence-electron chi connectivity index (χ0n) is 17.8. The van der Waals surface area contributed by atoms with Crippen LogP contribution in [0.5, 0.6) is 5.75 Å². The van der Waals surface area contributed by atoms with Crippen LogP contribution >= 0.6 is 0 Å². The van der Waals surface area contributed by atoms with Gasteiger partial charge in [-0.15, -0.1) is 0 Å². The SMILES string of the molecule is FC(F)(F)c1cccc(-c2ccc3nc(C4CC4)nc(NCCOc4ccccc4)c3c2)c1. The fraction of sp³-hybridized carbons (Fsp3) is 0.231. The van der Waals surface area contributed by atoms with Gasteiger partial charge in [-0.2, -0.15) is 13.2 Å². The van der Waals surface area contributed by atoms with E-state index in [9.17, 15) is 13.2 Å². The largest absolute Gasteiger partial charge is 0.492 e. The zero-order chi connectivity index (χ0) is 22.8. The minimum Gasteiger partial charge on any atom is -0.492 e. The molecule has 7 heteroatoms. The van der Waals surface area contributed by atoms with Crippen LogP contribution in [-0.2, 0) is 6.18 Å². The van der Waals surface area contributed by atoms with Gasteiger partial charge in [-0.1, -0.05) is 36.4 Å². The minimum atomic E-state index is -4.39. The smallest absolute Gasteiger partial charge is 0.416 e. The Hall–Kier alpha value is -3.61. The van der Waals surface area contributed by atoms with Crippen molar-refractivity contribution in [3.8, 4) is 16.9 Å². The second-order valence-corrected chi connectivity index (χ2v) is 8.10. The maximum atomic E-state index is 13.2. The standard InChI is InChI=1S/C26H22F3N3O/c27-26(28,29)20-6-4-5-18(15-20)19-11-12-23-22(16-19)25(32-24(31-23)17-9-10-17)30-13-14-33-21-7-2-1-3-8-21/h1-8,11-12,15-17H,9-10,13-14H2,(H,30,31,32). The molecule has 1 aliphatic carbocycles. The van der Waals surface area contributed by atoms with E-state index >= 15 is 0 Å². The average molecular weight is 449 g/mol. The Labute approximate surface area is 189 Å². The molecule has 0 aliphatic heterocycles. The lowest BCUT2D eigenvalue weighted by atomic mass is 10.0. The van der Waals surface area contributed by atoms with Gasteiger partial charge < -0.3 is 10.1 Å². The van der Waals surface area contributed by atoms with E-state index in [4.69, 9.17) is 14.7 Å². The molecule has 0 unspecified atom stereocenters. The Bertz CT molecular complexity index is 1270. The van der Waals surface area contributed by atoms with Crippen molar-refractivity contribution < 1.29 is 17.9 Å². The van der Waals surface area contributed by atoms with Crippen molar-refractivity contribution in [3.63, 3.8) is 0 Å². The number of fused-ring (bicyclic) bond motifs is 1. The molecule has 33 heavy (non-hydrogen) atoms. The van der Waals surface area contributed by atoms with Crippen LogP contribution in [0.25, 0.3) is 22.0 Å². The molecule has 0 radical (unpaired) electrons. The van der Waals surface area contributed by atoms with E-state index in [-0.39, 0.29) is 0 Å². The number of para-hydroxylation sites is 1. The van der Waals surface area contributed by atoms with Crippen molar-refractivity contribution in [2.75, 3.05) is 18.5 Å². The van der Waals surface area contributed by atoms with Crippen molar-refractivity contribution in [1.82, 2.24) is 9.97 Å². The Kier molecular flexibility index (Phi) is 5.62. The molecule has 0 bridgehead atoms. The molecule has 1 heterocycles. The van der Waals surface area contributed by atoms with E-state index in [0.717, 1.165) is 41.4 Å². The number of ether oxygens (including phenoxy) is 1. The molecule has 1 N–H and O–H groups in total. The third-order valence-electron chi connectivity index (χ3n) is 5.59. The Morgan fingerprint density at radius 3 is 2.42 bits per heavy atom. The van der Waals surface area contributed by atoms with Crippen LogP contribution in [0.3, 0.4) is 0 Å². The van der Waals surface area contributed by atoms with Gasteiger partial charge in [0.2, 0.25) is 0 Å². The summed E-state index contributed by atoms with van der Waals surface area (Å²) in [6, 6.07) is 20.4. The number of alkyl halides is 3. The lowest BCUT2D eigenvalue weighted by Crippen LogP contribution is -2.13. The first-order chi connectivity index (χ1) is 16.0. The molecular weight excluding hydrogens is 427 g/mol. The molecule has 0 amide bonds. The highest BCUT2D eigenvalue weighted by atomic mass is 19.4. The Balaban J connectivity index is 1.44. The summed E-state index contributed by atoms with van der Waals surface area (Å²) in [7, 11) is 0. The highest BCUT2D eigenvalue weighted by Crippen LogP contribution is 2.40. The highest BCUT2D eigenvalue weighted by molar-refractivity contribution is 5.92. The predicted octanol–water partition coefficient (Wildman–Crippen LogP) is 6.68. The molecular formula is C26H22F3N3O. The van der Waals surface area contributed by atoms with Crippen LogP contribution < -0.4 is 10.1 Å². The van der Waals surface area contributed by atoms with Gasteiger partial charge in [0, 0.05) is 11.3 Å². The van der Waals surface area contributed by atoms with Gasteiger partial charge in [0.05, 0.1) is 17.6 Å². The first kappa shape index (κ1) is 21.2. The van der Waals surface area contributed by atoms with Gasteiger partial charge in [-0.05, 0) is 60.4 Å². The number of nitrogens with zero attached hydrogens (tertiary/aromatic N) is 2. The molecule has 1 aromatic heterocycles. The summed E-state index contributed by atoms with van der Waals surface area (Å²) in [4.78, 5) is 9.44. The highest BCUT2D eigenvalue weighted by Gasteiger charge is 2.30. The number of halogens is 3. The number of benzene rings is 3. The lowest BCUT2D eigenvalue weighted by molar-refractivity contribution is -0.137. The van der Waals surface area contributed by atoms with Crippen LogP contribution in [0.2, 0.25) is 0 Å². The molecule has 0 spiro atoms. The van der Waals surface area contributed by atoms with Crippen LogP contribution in [-0.4, -0.2) is 23.1 Å². The van der Waals surface area contributed by atoms with Crippen molar-refractivity contribution in [3.05, 3.63) is 84.2 Å². The molecule has 3 aromatic carbocycles. The van der Waals surface area contributed by atoms with Gasteiger partial charge in [-0.25, -0.2) is 9.97 Å². The topological polar surface area (TPSA) is 47.0 Å². The van der Waals surface area contributed by atoms with E-state index in [0.29, 0.717) is 36.0 Å². The molecule has 4 nitrogen and oxygen atoms in total. The Morgan fingerprint density at radius 2 is 1.67 bits per heavy atom. The molecule has 4 aromatic rings. The van der Waals surface area contributed by atoms with Gasteiger partial charge in [-0.3, -0.25) is 0 Å². The van der Waals surface area contributed by atoms with Gasteiger partial charge in [0.25, 0.3) is 0 Å². The number of hydrogen-bond donors (Lipinski definition) is 1. The number of rotatable bonds is 7. The summed E-state index contributed by atoms with van der Waals surface area (Å²) >= 11 is 0. The number of aromatic nitrogens is 2. The average Bonchev–Trinajstić information content (AvgIpc) is 3.67. The molecule has 1 aliphatic rings. The van der Waals surface area contributed by atoms with Crippen LogP contribution in [0.1, 0.15) is 30.1 Å². The second kappa shape index (κ2) is 8.73. The predicted molar refractivity (Wildman–Crippen MR) is 122 cm³/mol. The Morgan fingerprint density at radius 1 is 0.879 bits per heavy atom. The molecule has 1 fully saturated rings. The number of nitrogens with one attached hydrogen (secondary N) is 1. The monoisotopic (exact) mass is 449 g/mol. The maximum Gasteiger partial charge on any atom is 0.416 e. The normalized spacial score (nSPS) is 13.8. The van der Waals surface area contributed by atoms with Crippen LogP contribution in [0.15, 0.2) is 72.8 Å². The lowest BCUT2D eigenvalue weighted by Gasteiger charge is -2.13. The fourth-order valence-electron chi connectivity index (χ4n) is 3.71. The number of hydrogen-bond acceptors (Lipinski definition) is 4. The first-order valence-corrected chi connectivity index (χ1v) is 10.9. The molecule has 0 atom stereocenters. The summed E-state index contributed by atoms with van der Waals surface area (Å²) in [6.07, 6.45) is -2.24. The van der Waals surface area contributed by atoms with E-state index in [1.54, 1.807) is 6.07 Å². The molecule has 0 saturated heterocycles. The summed E-state index contributed by atoms with van der Waals surface area (Å²) in [5.41, 5.74) is 1.28. The number of anilines is 1. The van der Waals surface area contributed by atoms with Crippen molar-refractivity contribution >= 4 is 16.7 Å². The van der Waals surface area contributed by atoms with Crippen LogP contribution in [0, 0.1) is 0 Å². The van der Waals surface area contributed by atoms with E-state index < -0.39 is 11.7 Å². The zero-order valence-corrected chi connectivity index (χ0v) is 17.8. The van der Waals surface area contributed by atoms with Crippen molar-refractivity contribution in [2.24, 2.45) is 0 Å². The van der Waals surface area contributed by atoms with Crippen molar-refractivity contribution in [2.45, 2.75) is 24.9 Å². The summed E-state index contributed by atoms with van der Waals surface area (Å²) in [5.74, 6) is 2.64. The van der Waals surface area contributed by atoms with E-state index in [2.05, 4.69) is 5.32 Å². The fourth-order valence-corrected chi connectivity index (χ4v) is 3.71. The van der Waals surface area contributed by atoms with Gasteiger partial charge in [0.15, 0.2) is 0 Å². The van der Waals surface area contributed by atoms with E-state index in [1.807, 2.05) is 48.5 Å².